The van der Waals surface area contributed by atoms with Gasteiger partial charge in [0.2, 0.25) is 0 Å². The van der Waals surface area contributed by atoms with Gasteiger partial charge in [0.25, 0.3) is 0 Å². The average Bonchev–Trinajstić information content (AvgIpc) is 1.90. The van der Waals surface area contributed by atoms with E-state index in [2.05, 4.69) is 15.9 Å². The summed E-state index contributed by atoms with van der Waals surface area (Å²) in [6.45, 7) is 0.969. The van der Waals surface area contributed by atoms with Gasteiger partial charge in [-0.05, 0) is 19.3 Å². The van der Waals surface area contributed by atoms with Gasteiger partial charge in [-0.1, -0.05) is 15.9 Å². The van der Waals surface area contributed by atoms with Crippen molar-refractivity contribution in [2.45, 2.75) is 25.4 Å². The molecule has 0 aromatic carbocycles. The Morgan fingerprint density at radius 3 is 2.75 bits per heavy atom. The van der Waals surface area contributed by atoms with Crippen molar-refractivity contribution in [2.75, 3.05) is 11.9 Å². The zero-order valence-electron chi connectivity index (χ0n) is 4.90. The van der Waals surface area contributed by atoms with E-state index in [1.165, 1.54) is 19.3 Å². The Bertz CT molecular complexity index is 59.5. The van der Waals surface area contributed by atoms with Crippen molar-refractivity contribution in [1.29, 1.82) is 0 Å². The lowest BCUT2D eigenvalue weighted by molar-refractivity contribution is 0.0323. The summed E-state index contributed by atoms with van der Waals surface area (Å²) in [5.41, 5.74) is 0. The lowest BCUT2D eigenvalue weighted by atomic mass is 10.1. The van der Waals surface area contributed by atoms with Crippen LogP contribution in [0.1, 0.15) is 19.3 Å². The lowest BCUT2D eigenvalue weighted by Crippen LogP contribution is -2.19. The molecule has 1 aliphatic rings. The summed E-state index contributed by atoms with van der Waals surface area (Å²) in [4.78, 5) is 0. The van der Waals surface area contributed by atoms with Crippen LogP contribution in [0.3, 0.4) is 0 Å². The predicted molar refractivity (Wildman–Crippen MR) is 37.4 cm³/mol. The molecular formula is C6H11BrO. The van der Waals surface area contributed by atoms with Gasteiger partial charge >= 0.3 is 0 Å². The lowest BCUT2D eigenvalue weighted by Gasteiger charge is -2.19. The van der Waals surface area contributed by atoms with Crippen LogP contribution in [0.25, 0.3) is 0 Å². The number of hydrogen-bond donors (Lipinski definition) is 0. The van der Waals surface area contributed by atoms with E-state index in [1.807, 2.05) is 0 Å². The Balaban J connectivity index is 2.13. The predicted octanol–water partition coefficient (Wildman–Crippen LogP) is 1.95. The first kappa shape index (κ1) is 6.56. The summed E-state index contributed by atoms with van der Waals surface area (Å²) in [7, 11) is 0. The fourth-order valence-electron chi connectivity index (χ4n) is 0.929. The van der Waals surface area contributed by atoms with E-state index < -0.39 is 0 Å². The second-order valence-electron chi connectivity index (χ2n) is 2.14. The molecule has 0 bridgehead atoms. The molecule has 2 heteroatoms. The van der Waals surface area contributed by atoms with Gasteiger partial charge in [0.1, 0.15) is 0 Å². The van der Waals surface area contributed by atoms with E-state index in [-0.39, 0.29) is 0 Å². The molecule has 1 aliphatic heterocycles. The maximum atomic E-state index is 5.38. The van der Waals surface area contributed by atoms with Gasteiger partial charge in [0.15, 0.2) is 0 Å². The van der Waals surface area contributed by atoms with Crippen LogP contribution in [0.5, 0.6) is 0 Å². The Morgan fingerprint density at radius 2 is 2.38 bits per heavy atom. The maximum Gasteiger partial charge on any atom is 0.0671 e. The highest BCUT2D eigenvalue weighted by Crippen LogP contribution is 2.13. The first-order chi connectivity index (χ1) is 3.93. The summed E-state index contributed by atoms with van der Waals surface area (Å²) in [5, 5.41) is 1.01. The minimum Gasteiger partial charge on any atom is -0.377 e. The Hall–Kier alpha value is 0.440. The molecule has 1 atom stereocenters. The Kier molecular flexibility index (Phi) is 2.84. The molecule has 1 heterocycles. The van der Waals surface area contributed by atoms with Gasteiger partial charge in [0, 0.05) is 11.9 Å². The van der Waals surface area contributed by atoms with Gasteiger partial charge < -0.3 is 4.74 Å². The van der Waals surface area contributed by atoms with Gasteiger partial charge in [-0.2, -0.15) is 0 Å². The molecule has 8 heavy (non-hydrogen) atoms. The summed E-state index contributed by atoms with van der Waals surface area (Å²) in [6, 6.07) is 0. The summed E-state index contributed by atoms with van der Waals surface area (Å²) < 4.78 is 5.38. The van der Waals surface area contributed by atoms with E-state index in [0.717, 1.165) is 11.9 Å². The van der Waals surface area contributed by atoms with Gasteiger partial charge in [0.05, 0.1) is 6.10 Å². The highest BCUT2D eigenvalue weighted by molar-refractivity contribution is 9.09. The molecule has 0 aromatic rings. The van der Waals surface area contributed by atoms with E-state index in [1.54, 1.807) is 0 Å². The third-order valence-electron chi connectivity index (χ3n) is 1.45. The maximum absolute atomic E-state index is 5.38. The largest absolute Gasteiger partial charge is 0.377 e. The van der Waals surface area contributed by atoms with Crippen LogP contribution in [0.15, 0.2) is 0 Å². The van der Waals surface area contributed by atoms with Crippen LogP contribution < -0.4 is 0 Å². The standard InChI is InChI=1S/C6H11BrO/c7-5-6-3-1-2-4-8-6/h6H,1-5H2/t6-/m0/s1. The molecule has 0 spiro atoms. The van der Waals surface area contributed by atoms with Crippen LogP contribution in [0.4, 0.5) is 0 Å². The number of ether oxygens (including phenoxy) is 1. The Labute approximate surface area is 58.5 Å². The van der Waals surface area contributed by atoms with Crippen LogP contribution in [0.2, 0.25) is 0 Å². The summed E-state index contributed by atoms with van der Waals surface area (Å²) in [6.07, 6.45) is 4.34. The van der Waals surface area contributed by atoms with Gasteiger partial charge in [-0.15, -0.1) is 0 Å². The molecule has 0 saturated carbocycles. The number of rotatable bonds is 1. The first-order valence-electron chi connectivity index (χ1n) is 3.11. The molecule has 1 fully saturated rings. The Morgan fingerprint density at radius 1 is 1.50 bits per heavy atom. The second-order valence-corrected chi connectivity index (χ2v) is 2.79. The van der Waals surface area contributed by atoms with E-state index in [4.69, 9.17) is 4.74 Å². The monoisotopic (exact) mass is 178 g/mol. The highest BCUT2D eigenvalue weighted by atomic mass is 79.9. The van der Waals surface area contributed by atoms with E-state index in [0.29, 0.717) is 6.10 Å². The fraction of sp³-hybridized carbons (Fsp3) is 1.00. The molecule has 1 saturated heterocycles. The van der Waals surface area contributed by atoms with Crippen molar-refractivity contribution < 1.29 is 4.74 Å². The number of halogens is 1. The van der Waals surface area contributed by atoms with Crippen molar-refractivity contribution in [3.8, 4) is 0 Å². The van der Waals surface area contributed by atoms with Crippen LogP contribution in [-0.2, 0) is 4.74 Å². The normalized spacial score (nSPS) is 30.4. The van der Waals surface area contributed by atoms with Crippen molar-refractivity contribution in [1.82, 2.24) is 0 Å². The van der Waals surface area contributed by atoms with Crippen LogP contribution >= 0.6 is 15.9 Å². The molecule has 0 N–H and O–H groups in total. The SMILES string of the molecule is BrC[C@@H]1CCCCO1. The van der Waals surface area contributed by atoms with Gasteiger partial charge in [-0.25, -0.2) is 0 Å². The molecule has 0 unspecified atom stereocenters. The molecule has 0 aromatic heterocycles. The van der Waals surface area contributed by atoms with Crippen molar-refractivity contribution >= 4 is 15.9 Å². The van der Waals surface area contributed by atoms with Crippen molar-refractivity contribution in [3.63, 3.8) is 0 Å². The number of alkyl halides is 1. The smallest absolute Gasteiger partial charge is 0.0671 e. The van der Waals surface area contributed by atoms with E-state index >= 15 is 0 Å². The third kappa shape index (κ3) is 1.75. The zero-order valence-corrected chi connectivity index (χ0v) is 6.49. The molecule has 0 radical (unpaired) electrons. The quantitative estimate of drug-likeness (QED) is 0.559. The van der Waals surface area contributed by atoms with Crippen LogP contribution in [-0.4, -0.2) is 18.0 Å². The molecule has 1 nitrogen and oxygen atoms in total. The third-order valence-corrected chi connectivity index (χ3v) is 2.17. The minimum absolute atomic E-state index is 0.503. The summed E-state index contributed by atoms with van der Waals surface area (Å²) in [5.74, 6) is 0. The highest BCUT2D eigenvalue weighted by Gasteiger charge is 2.10. The topological polar surface area (TPSA) is 9.23 Å². The van der Waals surface area contributed by atoms with Gasteiger partial charge in [-0.3, -0.25) is 0 Å². The molecule has 1 rings (SSSR count). The summed E-state index contributed by atoms with van der Waals surface area (Å²) >= 11 is 3.39. The fourth-order valence-corrected chi connectivity index (χ4v) is 1.44. The minimum atomic E-state index is 0.503. The van der Waals surface area contributed by atoms with Crippen molar-refractivity contribution in [2.24, 2.45) is 0 Å². The second kappa shape index (κ2) is 3.46. The zero-order chi connectivity index (χ0) is 5.82. The molecule has 48 valence electrons. The van der Waals surface area contributed by atoms with Crippen molar-refractivity contribution in [3.05, 3.63) is 0 Å². The number of hydrogen-bond acceptors (Lipinski definition) is 1. The molecular weight excluding hydrogens is 168 g/mol. The first-order valence-corrected chi connectivity index (χ1v) is 4.23. The molecule has 0 amide bonds. The van der Waals surface area contributed by atoms with Crippen LogP contribution in [0, 0.1) is 0 Å². The van der Waals surface area contributed by atoms with E-state index in [9.17, 15) is 0 Å². The average molecular weight is 179 g/mol. The molecule has 0 aliphatic carbocycles.